The zero-order valence-electron chi connectivity index (χ0n) is 12.8. The van der Waals surface area contributed by atoms with Crippen molar-refractivity contribution in [2.75, 3.05) is 13.7 Å². The third-order valence-electron chi connectivity index (χ3n) is 3.25. The smallest absolute Gasteiger partial charge is 0.0835 e. The summed E-state index contributed by atoms with van der Waals surface area (Å²) in [6.07, 6.45) is 1.78. The van der Waals surface area contributed by atoms with Crippen molar-refractivity contribution in [3.05, 3.63) is 16.9 Å². The van der Waals surface area contributed by atoms with E-state index in [9.17, 15) is 0 Å². The van der Waals surface area contributed by atoms with Gasteiger partial charge in [0.05, 0.1) is 29.1 Å². The first-order valence-corrected chi connectivity index (χ1v) is 7.30. The lowest BCUT2D eigenvalue weighted by atomic mass is 9.96. The highest BCUT2D eigenvalue weighted by Crippen LogP contribution is 2.31. The quantitative estimate of drug-likeness (QED) is 0.835. The van der Waals surface area contributed by atoms with Crippen LogP contribution in [0.5, 0.6) is 0 Å². The molecule has 1 N–H and O–H groups in total. The maximum atomic E-state index is 6.35. The van der Waals surface area contributed by atoms with Crippen molar-refractivity contribution < 1.29 is 4.74 Å². The minimum atomic E-state index is 0.0485. The van der Waals surface area contributed by atoms with Crippen LogP contribution in [-0.2, 0) is 4.74 Å². The third-order valence-corrected chi connectivity index (χ3v) is 3.54. The van der Waals surface area contributed by atoms with Crippen LogP contribution in [0.4, 0.5) is 0 Å². The molecule has 1 heterocycles. The van der Waals surface area contributed by atoms with E-state index in [1.54, 1.807) is 13.3 Å². The molecule has 4 nitrogen and oxygen atoms in total. The number of nitrogens with one attached hydrogen (secondary N) is 1. The monoisotopic (exact) mass is 287 g/mol. The molecule has 0 aliphatic carbocycles. The molecule has 1 aromatic rings. The number of nitrogens with zero attached hydrogens (tertiary/aromatic N) is 2. The van der Waals surface area contributed by atoms with Crippen LogP contribution in [0.1, 0.15) is 52.4 Å². The maximum absolute atomic E-state index is 6.35. The highest BCUT2D eigenvalue weighted by Gasteiger charge is 2.30. The van der Waals surface area contributed by atoms with Gasteiger partial charge in [-0.2, -0.15) is 5.10 Å². The number of likely N-dealkylation sites (N-methyl/N-ethyl adjacent to an activating group) is 1. The number of rotatable bonds is 7. The van der Waals surface area contributed by atoms with Gasteiger partial charge in [0.1, 0.15) is 0 Å². The number of hydrogen-bond acceptors (Lipinski definition) is 3. The summed E-state index contributed by atoms with van der Waals surface area (Å²) in [5, 5.41) is 8.56. The Bertz CT molecular complexity index is 390. The van der Waals surface area contributed by atoms with Crippen LogP contribution in [0.2, 0.25) is 5.02 Å². The van der Waals surface area contributed by atoms with E-state index < -0.39 is 0 Å². The molecule has 1 aromatic heterocycles. The van der Waals surface area contributed by atoms with Crippen LogP contribution in [0, 0.1) is 5.92 Å². The summed E-state index contributed by atoms with van der Waals surface area (Å²) in [7, 11) is 1.75. The Morgan fingerprint density at radius 1 is 1.37 bits per heavy atom. The highest BCUT2D eigenvalue weighted by molar-refractivity contribution is 6.31. The van der Waals surface area contributed by atoms with Crippen molar-refractivity contribution in [1.29, 1.82) is 0 Å². The van der Waals surface area contributed by atoms with Gasteiger partial charge in [-0.05, 0) is 26.3 Å². The molecule has 0 saturated carbocycles. The number of methoxy groups -OCH3 is 1. The Labute approximate surface area is 121 Å². The molecule has 0 amide bonds. The first kappa shape index (κ1) is 16.5. The Morgan fingerprint density at radius 3 is 2.42 bits per heavy atom. The fourth-order valence-electron chi connectivity index (χ4n) is 2.43. The maximum Gasteiger partial charge on any atom is 0.0835 e. The van der Waals surface area contributed by atoms with E-state index in [1.807, 2.05) is 4.68 Å². The van der Waals surface area contributed by atoms with E-state index in [2.05, 4.69) is 45.0 Å². The second-order valence-corrected chi connectivity index (χ2v) is 5.80. The van der Waals surface area contributed by atoms with Gasteiger partial charge in [-0.3, -0.25) is 4.68 Å². The molecular weight excluding hydrogens is 262 g/mol. The standard InChI is InChI=1S/C14H26ClN3O/c1-7-16-12(14(19-6)9(2)3)13-11(15)8-17-18(13)10(4)5/h8-10,12,14,16H,7H2,1-6H3. The van der Waals surface area contributed by atoms with Gasteiger partial charge in [0.2, 0.25) is 0 Å². The number of halogens is 1. The van der Waals surface area contributed by atoms with Crippen molar-refractivity contribution in [2.45, 2.75) is 52.8 Å². The van der Waals surface area contributed by atoms with Gasteiger partial charge in [-0.15, -0.1) is 0 Å². The van der Waals surface area contributed by atoms with E-state index in [1.165, 1.54) is 0 Å². The first-order valence-electron chi connectivity index (χ1n) is 6.93. The molecule has 110 valence electrons. The van der Waals surface area contributed by atoms with Gasteiger partial charge in [0, 0.05) is 13.2 Å². The van der Waals surface area contributed by atoms with E-state index in [0.29, 0.717) is 10.9 Å². The summed E-state index contributed by atoms with van der Waals surface area (Å²) in [6.45, 7) is 11.5. The minimum Gasteiger partial charge on any atom is -0.379 e. The Morgan fingerprint density at radius 2 is 2.00 bits per heavy atom. The third kappa shape index (κ3) is 3.71. The number of aromatic nitrogens is 2. The van der Waals surface area contributed by atoms with E-state index in [4.69, 9.17) is 16.3 Å². The van der Waals surface area contributed by atoms with Crippen molar-refractivity contribution in [3.8, 4) is 0 Å². The highest BCUT2D eigenvalue weighted by atomic mass is 35.5. The second kappa shape index (κ2) is 7.27. The molecule has 19 heavy (non-hydrogen) atoms. The van der Waals surface area contributed by atoms with Gasteiger partial charge in [-0.25, -0.2) is 0 Å². The normalized spacial score (nSPS) is 15.2. The van der Waals surface area contributed by atoms with Crippen LogP contribution in [0.15, 0.2) is 6.20 Å². The molecule has 0 radical (unpaired) electrons. The van der Waals surface area contributed by atoms with Crippen LogP contribution >= 0.6 is 11.6 Å². The fraction of sp³-hybridized carbons (Fsp3) is 0.786. The van der Waals surface area contributed by atoms with Gasteiger partial charge in [-0.1, -0.05) is 32.4 Å². The van der Waals surface area contributed by atoms with Gasteiger partial charge < -0.3 is 10.1 Å². The molecule has 2 atom stereocenters. The number of hydrogen-bond donors (Lipinski definition) is 1. The topological polar surface area (TPSA) is 39.1 Å². The van der Waals surface area contributed by atoms with Crippen molar-refractivity contribution in [1.82, 2.24) is 15.1 Å². The van der Waals surface area contributed by atoms with E-state index in [-0.39, 0.29) is 18.2 Å². The van der Waals surface area contributed by atoms with Gasteiger partial charge in [0.15, 0.2) is 0 Å². The molecule has 0 aliphatic heterocycles. The Hall–Kier alpha value is -0.580. The summed E-state index contributed by atoms with van der Waals surface area (Å²) in [4.78, 5) is 0. The zero-order chi connectivity index (χ0) is 14.6. The summed E-state index contributed by atoms with van der Waals surface area (Å²) in [6, 6.07) is 0.320. The van der Waals surface area contributed by atoms with Crippen molar-refractivity contribution in [2.24, 2.45) is 5.92 Å². The molecular formula is C14H26ClN3O. The molecule has 0 saturated heterocycles. The molecule has 0 aromatic carbocycles. The molecule has 0 fully saturated rings. The molecule has 2 unspecified atom stereocenters. The number of ether oxygens (including phenoxy) is 1. The Balaban J connectivity index is 3.21. The van der Waals surface area contributed by atoms with Gasteiger partial charge >= 0.3 is 0 Å². The van der Waals surface area contributed by atoms with Crippen molar-refractivity contribution >= 4 is 11.6 Å². The molecule has 0 bridgehead atoms. The predicted octanol–water partition coefficient (Wildman–Crippen LogP) is 3.44. The summed E-state index contributed by atoms with van der Waals surface area (Å²) in [5.74, 6) is 0.389. The lowest BCUT2D eigenvalue weighted by molar-refractivity contribution is 0.0303. The minimum absolute atomic E-state index is 0.0485. The molecule has 5 heteroatoms. The first-order chi connectivity index (χ1) is 8.93. The molecule has 1 rings (SSSR count). The summed E-state index contributed by atoms with van der Waals surface area (Å²) in [5.41, 5.74) is 1.01. The largest absolute Gasteiger partial charge is 0.379 e. The zero-order valence-corrected chi connectivity index (χ0v) is 13.5. The average Bonchev–Trinajstić information content (AvgIpc) is 2.70. The molecule has 0 aliphatic rings. The van der Waals surface area contributed by atoms with E-state index >= 15 is 0 Å². The summed E-state index contributed by atoms with van der Waals surface area (Å²) >= 11 is 6.35. The van der Waals surface area contributed by atoms with Crippen molar-refractivity contribution in [3.63, 3.8) is 0 Å². The fourth-order valence-corrected chi connectivity index (χ4v) is 2.68. The summed E-state index contributed by atoms with van der Waals surface area (Å²) < 4.78 is 7.65. The SMILES string of the molecule is CCNC(c1c(Cl)cnn1C(C)C)C(OC)C(C)C. The van der Waals surface area contributed by atoms with Crippen LogP contribution in [-0.4, -0.2) is 29.5 Å². The van der Waals surface area contributed by atoms with E-state index in [0.717, 1.165) is 12.2 Å². The Kier molecular flexibility index (Phi) is 6.30. The second-order valence-electron chi connectivity index (χ2n) is 5.40. The lowest BCUT2D eigenvalue weighted by Crippen LogP contribution is -2.38. The molecule has 0 spiro atoms. The predicted molar refractivity (Wildman–Crippen MR) is 79.7 cm³/mol. The van der Waals surface area contributed by atoms with Crippen LogP contribution in [0.25, 0.3) is 0 Å². The lowest BCUT2D eigenvalue weighted by Gasteiger charge is -2.31. The van der Waals surface area contributed by atoms with Crippen LogP contribution < -0.4 is 5.32 Å². The average molecular weight is 288 g/mol. The van der Waals surface area contributed by atoms with Crippen LogP contribution in [0.3, 0.4) is 0 Å². The van der Waals surface area contributed by atoms with Gasteiger partial charge in [0.25, 0.3) is 0 Å².